The lowest BCUT2D eigenvalue weighted by atomic mass is 9.96. The van der Waals surface area contributed by atoms with Crippen molar-refractivity contribution in [3.63, 3.8) is 0 Å². The Labute approximate surface area is 352 Å². The van der Waals surface area contributed by atoms with E-state index in [4.69, 9.17) is 0 Å². The van der Waals surface area contributed by atoms with Gasteiger partial charge in [0.05, 0.1) is 26.2 Å². The summed E-state index contributed by atoms with van der Waals surface area (Å²) in [6.45, 7) is 0. The fourth-order valence-corrected chi connectivity index (χ4v) is 9.21. The van der Waals surface area contributed by atoms with Gasteiger partial charge in [-0.25, -0.2) is 0 Å². The van der Waals surface area contributed by atoms with Crippen molar-refractivity contribution in [2.45, 2.75) is 0 Å². The normalized spacial score (nSPS) is 12.4. The lowest BCUT2D eigenvalue weighted by molar-refractivity contribution is 1.18. The first-order valence-corrected chi connectivity index (χ1v) is 20.4. The van der Waals surface area contributed by atoms with E-state index in [1.54, 1.807) is 0 Å². The lowest BCUT2D eigenvalue weighted by Gasteiger charge is -2.14. The molecule has 0 saturated heterocycles. The molecule has 0 saturated carbocycles. The van der Waals surface area contributed by atoms with Gasteiger partial charge >= 0.3 is 0 Å². The number of aromatic nitrogens is 2. The topological polar surface area (TPSA) is 9.86 Å². The largest absolute Gasteiger partial charge is 0.309 e. The second-order valence-corrected chi connectivity index (χ2v) is 15.4. The molecule has 0 N–H and O–H groups in total. The summed E-state index contributed by atoms with van der Waals surface area (Å²) in [7, 11) is 0. The highest BCUT2D eigenvalue weighted by atomic mass is 15.0. The minimum absolute atomic E-state index is 0.0356. The van der Waals surface area contributed by atoms with Gasteiger partial charge in [0.1, 0.15) is 0 Å². The van der Waals surface area contributed by atoms with E-state index in [-0.39, 0.29) is 18.1 Å². The van der Waals surface area contributed by atoms with E-state index in [1.165, 1.54) is 16.3 Å². The molecule has 0 aliphatic heterocycles. The van der Waals surface area contributed by atoms with Crippen molar-refractivity contribution in [3.05, 3.63) is 230 Å². The Morgan fingerprint density at radius 3 is 1.57 bits per heavy atom. The minimum Gasteiger partial charge on any atom is -0.309 e. The van der Waals surface area contributed by atoms with Crippen LogP contribution in [0.15, 0.2) is 230 Å². The summed E-state index contributed by atoms with van der Waals surface area (Å²) < 4.78 is 33.6. The van der Waals surface area contributed by atoms with E-state index in [0.29, 0.717) is 16.5 Å². The number of hydrogen-bond acceptors (Lipinski definition) is 0. The van der Waals surface area contributed by atoms with Crippen molar-refractivity contribution in [2.24, 2.45) is 0 Å². The third kappa shape index (κ3) is 5.50. The summed E-state index contributed by atoms with van der Waals surface area (Å²) in [6.07, 6.45) is 0. The second-order valence-electron chi connectivity index (χ2n) is 15.4. The number of nitrogens with zero attached hydrogens (tertiary/aromatic N) is 2. The van der Waals surface area contributed by atoms with Gasteiger partial charge in [-0.05, 0) is 104 Å². The van der Waals surface area contributed by atoms with E-state index < -0.39 is 0 Å². The van der Waals surface area contributed by atoms with Gasteiger partial charge in [0.2, 0.25) is 0 Å². The van der Waals surface area contributed by atoms with Gasteiger partial charge in [0.15, 0.2) is 0 Å². The van der Waals surface area contributed by atoms with Gasteiger partial charge in [0, 0.05) is 38.5 Å². The third-order valence-corrected chi connectivity index (χ3v) is 12.1. The van der Waals surface area contributed by atoms with Crippen molar-refractivity contribution in [1.82, 2.24) is 9.13 Å². The molecule has 0 amide bonds. The zero-order chi connectivity index (χ0) is 42.2. The quantitative estimate of drug-likeness (QED) is 0.160. The Hall–Kier alpha value is -7.94. The molecule has 10 aromatic carbocycles. The van der Waals surface area contributed by atoms with Crippen LogP contribution in [-0.4, -0.2) is 9.13 Å². The van der Waals surface area contributed by atoms with Gasteiger partial charge in [-0.15, -0.1) is 0 Å². The Balaban J connectivity index is 1.08. The smallest absolute Gasteiger partial charge is 0.0645 e. The predicted molar refractivity (Wildman–Crippen MR) is 254 cm³/mol. The first-order chi connectivity index (χ1) is 31.0. The number of hydrogen-bond donors (Lipinski definition) is 0. The SMILES string of the molecule is [2H]c1c(-c2ccc3c(c2)c2cccc(-c4cccc5ccccc45)c2n3-c2ccc(-c3ccccc3)cc2)c([2H])c2c3ccccc3n(-c3ccc(-c4ccccc4)cc3)c2c1[2H]. The molecule has 2 heterocycles. The van der Waals surface area contributed by atoms with E-state index >= 15 is 0 Å². The molecule has 2 nitrogen and oxygen atoms in total. The van der Waals surface area contributed by atoms with Crippen molar-refractivity contribution >= 4 is 54.4 Å². The Kier molecular flexibility index (Phi) is 7.19. The molecule has 0 radical (unpaired) electrons. The molecule has 280 valence electrons. The number of rotatable bonds is 6. The second kappa shape index (κ2) is 13.9. The Bertz CT molecular complexity index is 3730. The first-order valence-electron chi connectivity index (χ1n) is 21.9. The van der Waals surface area contributed by atoms with Crippen LogP contribution in [0, 0.1) is 0 Å². The monoisotopic (exact) mass is 765 g/mol. The number of para-hydroxylation sites is 2. The van der Waals surface area contributed by atoms with Gasteiger partial charge in [0.25, 0.3) is 0 Å². The van der Waals surface area contributed by atoms with E-state index in [1.807, 2.05) is 54.6 Å². The molecule has 0 fully saturated rings. The summed E-state index contributed by atoms with van der Waals surface area (Å²) >= 11 is 0. The molecule has 12 aromatic rings. The standard InChI is InChI=1S/C58H38N2/c1-3-13-39(14-4-1)41-25-31-46(32-26-41)59-55-24-10-9-20-50(55)53-37-44(29-35-56(53)59)45-30-36-57-54(38-45)52-23-12-22-51(49-21-11-18-43-17-7-8-19-48(43)49)58(52)60(57)47-33-27-42(28-34-47)40-15-5-2-6-16-40/h1-38H/i29D,35D,37D. The van der Waals surface area contributed by atoms with Crippen LogP contribution in [0.3, 0.4) is 0 Å². The highest BCUT2D eigenvalue weighted by Crippen LogP contribution is 2.43. The van der Waals surface area contributed by atoms with Crippen molar-refractivity contribution < 1.29 is 4.11 Å². The Morgan fingerprint density at radius 1 is 0.300 bits per heavy atom. The Morgan fingerprint density at radius 2 is 0.833 bits per heavy atom. The van der Waals surface area contributed by atoms with Gasteiger partial charge in [-0.3, -0.25) is 0 Å². The lowest BCUT2D eigenvalue weighted by Crippen LogP contribution is -1.96. The zero-order valence-electron chi connectivity index (χ0n) is 35.6. The molecule has 0 aliphatic carbocycles. The van der Waals surface area contributed by atoms with Crippen LogP contribution in [0.5, 0.6) is 0 Å². The van der Waals surface area contributed by atoms with Gasteiger partial charge < -0.3 is 9.13 Å². The average Bonchev–Trinajstić information content (AvgIpc) is 3.87. The first kappa shape index (κ1) is 31.1. The van der Waals surface area contributed by atoms with Crippen molar-refractivity contribution in [3.8, 4) is 55.9 Å². The highest BCUT2D eigenvalue weighted by molar-refractivity contribution is 6.17. The maximum atomic E-state index is 9.92. The summed E-state index contributed by atoms with van der Waals surface area (Å²) in [6, 6.07) is 74.2. The molecule has 0 spiro atoms. The maximum Gasteiger partial charge on any atom is 0.0645 e. The van der Waals surface area contributed by atoms with Crippen LogP contribution >= 0.6 is 0 Å². The number of fused-ring (bicyclic) bond motifs is 7. The summed E-state index contributed by atoms with van der Waals surface area (Å²) in [4.78, 5) is 0. The van der Waals surface area contributed by atoms with Crippen LogP contribution in [0.1, 0.15) is 4.11 Å². The predicted octanol–water partition coefficient (Wildman–Crippen LogP) is 15.7. The average molecular weight is 766 g/mol. The van der Waals surface area contributed by atoms with Crippen molar-refractivity contribution in [2.75, 3.05) is 0 Å². The molecule has 0 atom stereocenters. The molecule has 0 unspecified atom stereocenters. The molecule has 0 aliphatic rings. The van der Waals surface area contributed by atoms with Crippen LogP contribution in [0.2, 0.25) is 0 Å². The van der Waals surface area contributed by atoms with Crippen LogP contribution in [0.4, 0.5) is 0 Å². The minimum atomic E-state index is 0.0356. The summed E-state index contributed by atoms with van der Waals surface area (Å²) in [5, 5.41) is 6.02. The van der Waals surface area contributed by atoms with Gasteiger partial charge in [-0.1, -0.05) is 176 Å². The zero-order valence-corrected chi connectivity index (χ0v) is 32.6. The number of benzene rings is 10. The molecule has 12 rings (SSSR count). The third-order valence-electron chi connectivity index (χ3n) is 12.1. The molecule has 2 heteroatoms. The fraction of sp³-hybridized carbons (Fsp3) is 0. The van der Waals surface area contributed by atoms with E-state index in [9.17, 15) is 4.11 Å². The summed E-state index contributed by atoms with van der Waals surface area (Å²) in [5.41, 5.74) is 13.5. The molecular weight excluding hydrogens is 725 g/mol. The molecular formula is C58H38N2. The summed E-state index contributed by atoms with van der Waals surface area (Å²) in [5.74, 6) is 0. The van der Waals surface area contributed by atoms with Crippen LogP contribution in [-0.2, 0) is 0 Å². The van der Waals surface area contributed by atoms with Crippen LogP contribution in [0.25, 0.3) is 110 Å². The molecule has 2 aromatic heterocycles. The fourth-order valence-electron chi connectivity index (χ4n) is 9.21. The van der Waals surface area contributed by atoms with Gasteiger partial charge in [-0.2, -0.15) is 0 Å². The molecule has 0 bridgehead atoms. The maximum absolute atomic E-state index is 9.92. The van der Waals surface area contributed by atoms with Crippen LogP contribution < -0.4 is 0 Å². The highest BCUT2D eigenvalue weighted by Gasteiger charge is 2.20. The molecule has 60 heavy (non-hydrogen) atoms. The van der Waals surface area contributed by atoms with E-state index in [2.05, 4.69) is 167 Å². The van der Waals surface area contributed by atoms with E-state index in [0.717, 1.165) is 77.5 Å². The van der Waals surface area contributed by atoms with Crippen molar-refractivity contribution in [1.29, 1.82) is 0 Å².